The number of methoxy groups -OCH3 is 1. The van der Waals surface area contributed by atoms with Gasteiger partial charge in [0.2, 0.25) is 0 Å². The van der Waals surface area contributed by atoms with Crippen molar-refractivity contribution < 1.29 is 21.9 Å². The summed E-state index contributed by atoms with van der Waals surface area (Å²) in [5.74, 6) is -2.08. The standard InChI is InChI=1S/C18H19F2N3O3S/c1-18(2,3)27(24,25)15-9-23-13(8-22-16(23)7-14(15)26-4)10-5-11(19)17(20)12(21)6-10/h5-9H,21H2,1-4H3. The lowest BCUT2D eigenvalue weighted by molar-refractivity contribution is 0.401. The van der Waals surface area contributed by atoms with Crippen LogP contribution in [0.3, 0.4) is 0 Å². The lowest BCUT2D eigenvalue weighted by Crippen LogP contribution is -2.28. The lowest BCUT2D eigenvalue weighted by atomic mass is 10.1. The Morgan fingerprint density at radius 1 is 1.19 bits per heavy atom. The van der Waals surface area contributed by atoms with Gasteiger partial charge in [-0.2, -0.15) is 0 Å². The molecule has 0 amide bonds. The van der Waals surface area contributed by atoms with E-state index >= 15 is 0 Å². The molecule has 9 heteroatoms. The van der Waals surface area contributed by atoms with Gasteiger partial charge in [-0.1, -0.05) is 0 Å². The summed E-state index contributed by atoms with van der Waals surface area (Å²) in [6, 6.07) is 3.73. The average molecular weight is 395 g/mol. The Balaban J connectivity index is 2.32. The van der Waals surface area contributed by atoms with Gasteiger partial charge in [-0.05, 0) is 32.9 Å². The maximum absolute atomic E-state index is 13.8. The number of aromatic nitrogens is 2. The van der Waals surface area contributed by atoms with Crippen LogP contribution in [-0.2, 0) is 9.84 Å². The quantitative estimate of drug-likeness (QED) is 0.687. The molecule has 0 saturated heterocycles. The first kappa shape index (κ1) is 19.1. The van der Waals surface area contributed by atoms with E-state index in [1.54, 1.807) is 20.8 Å². The first-order valence-corrected chi connectivity index (χ1v) is 9.50. The Kier molecular flexibility index (Phi) is 4.38. The van der Waals surface area contributed by atoms with Crippen molar-refractivity contribution >= 4 is 21.2 Å². The number of hydrogen-bond acceptors (Lipinski definition) is 5. The van der Waals surface area contributed by atoms with E-state index in [0.29, 0.717) is 11.3 Å². The third-order valence-corrected chi connectivity index (χ3v) is 6.74. The van der Waals surface area contributed by atoms with Crippen molar-refractivity contribution in [3.63, 3.8) is 0 Å². The smallest absolute Gasteiger partial charge is 0.188 e. The van der Waals surface area contributed by atoms with Gasteiger partial charge >= 0.3 is 0 Å². The molecule has 0 fully saturated rings. The summed E-state index contributed by atoms with van der Waals surface area (Å²) in [4.78, 5) is 4.17. The van der Waals surface area contributed by atoms with Crippen LogP contribution >= 0.6 is 0 Å². The van der Waals surface area contributed by atoms with Gasteiger partial charge in [0.25, 0.3) is 0 Å². The summed E-state index contributed by atoms with van der Waals surface area (Å²) in [6.45, 7) is 4.74. The average Bonchev–Trinajstić information content (AvgIpc) is 2.99. The normalized spacial score (nSPS) is 12.5. The minimum absolute atomic E-state index is 0.0280. The molecule has 6 nitrogen and oxygen atoms in total. The number of imidazole rings is 1. The van der Waals surface area contributed by atoms with Gasteiger partial charge in [0.05, 0.1) is 29.4 Å². The summed E-state index contributed by atoms with van der Waals surface area (Å²) >= 11 is 0. The molecule has 0 radical (unpaired) electrons. The van der Waals surface area contributed by atoms with Crippen LogP contribution in [0.4, 0.5) is 14.5 Å². The van der Waals surface area contributed by atoms with Crippen molar-refractivity contribution in [2.45, 2.75) is 30.4 Å². The van der Waals surface area contributed by atoms with Gasteiger partial charge in [0.1, 0.15) is 16.3 Å². The topological polar surface area (TPSA) is 86.7 Å². The molecular weight excluding hydrogens is 376 g/mol. The van der Waals surface area contributed by atoms with E-state index in [9.17, 15) is 17.2 Å². The number of halogens is 2. The van der Waals surface area contributed by atoms with E-state index in [1.807, 2.05) is 0 Å². The lowest BCUT2D eigenvalue weighted by Gasteiger charge is -2.21. The maximum atomic E-state index is 13.8. The zero-order valence-electron chi connectivity index (χ0n) is 15.2. The van der Waals surface area contributed by atoms with E-state index in [1.165, 1.54) is 36.0 Å². The van der Waals surface area contributed by atoms with Crippen molar-refractivity contribution in [2.24, 2.45) is 0 Å². The molecule has 2 aromatic heterocycles. The fourth-order valence-electron chi connectivity index (χ4n) is 2.65. The van der Waals surface area contributed by atoms with Crippen LogP contribution in [0.15, 0.2) is 35.5 Å². The van der Waals surface area contributed by atoms with Crippen molar-refractivity contribution in [1.82, 2.24) is 9.38 Å². The van der Waals surface area contributed by atoms with Gasteiger partial charge in [0.15, 0.2) is 21.5 Å². The number of rotatable bonds is 3. The molecule has 144 valence electrons. The zero-order valence-corrected chi connectivity index (χ0v) is 16.1. The summed E-state index contributed by atoms with van der Waals surface area (Å²) in [5.41, 5.74) is 6.18. The summed E-state index contributed by atoms with van der Waals surface area (Å²) < 4.78 is 58.8. The fourth-order valence-corrected chi connectivity index (χ4v) is 3.96. The molecule has 0 aliphatic rings. The number of fused-ring (bicyclic) bond motifs is 1. The number of nitrogens with zero attached hydrogens (tertiary/aromatic N) is 2. The second kappa shape index (κ2) is 6.19. The SMILES string of the molecule is COc1cc2ncc(-c3cc(N)c(F)c(F)c3)n2cc1S(=O)(=O)C(C)(C)C. The number of nitrogen functional groups attached to an aromatic ring is 1. The molecule has 2 heterocycles. The van der Waals surface area contributed by atoms with E-state index in [-0.39, 0.29) is 21.9 Å². The molecule has 0 bridgehead atoms. The van der Waals surface area contributed by atoms with Crippen molar-refractivity contribution in [1.29, 1.82) is 0 Å². The molecular formula is C18H19F2N3O3S. The molecule has 1 aromatic carbocycles. The van der Waals surface area contributed by atoms with Crippen molar-refractivity contribution in [2.75, 3.05) is 12.8 Å². The summed E-state index contributed by atoms with van der Waals surface area (Å²) in [7, 11) is -2.37. The third-order valence-electron chi connectivity index (χ3n) is 4.24. The number of anilines is 1. The monoisotopic (exact) mass is 395 g/mol. The molecule has 0 spiro atoms. The van der Waals surface area contributed by atoms with Crippen LogP contribution in [0.2, 0.25) is 0 Å². The van der Waals surface area contributed by atoms with Crippen molar-refractivity contribution in [3.05, 3.63) is 42.2 Å². The third kappa shape index (κ3) is 3.01. The Labute approximate surface area is 155 Å². The number of pyridine rings is 1. The largest absolute Gasteiger partial charge is 0.495 e. The fraction of sp³-hybridized carbons (Fsp3) is 0.278. The number of benzene rings is 1. The van der Waals surface area contributed by atoms with Crippen LogP contribution in [-0.4, -0.2) is 29.7 Å². The predicted octanol–water partition coefficient (Wildman–Crippen LogP) is 3.44. The number of hydrogen-bond donors (Lipinski definition) is 1. The molecule has 0 unspecified atom stereocenters. The highest BCUT2D eigenvalue weighted by molar-refractivity contribution is 7.92. The molecule has 27 heavy (non-hydrogen) atoms. The summed E-state index contributed by atoms with van der Waals surface area (Å²) in [6.07, 6.45) is 2.79. The van der Waals surface area contributed by atoms with E-state index in [0.717, 1.165) is 6.07 Å². The van der Waals surface area contributed by atoms with Crippen LogP contribution in [0.25, 0.3) is 16.9 Å². The van der Waals surface area contributed by atoms with E-state index < -0.39 is 26.2 Å². The molecule has 3 rings (SSSR count). The Bertz CT molecular complexity index is 1130. The Morgan fingerprint density at radius 2 is 1.85 bits per heavy atom. The summed E-state index contributed by atoms with van der Waals surface area (Å²) in [5, 5.41) is 0. The Hall–Kier alpha value is -2.68. The maximum Gasteiger partial charge on any atom is 0.188 e. The van der Waals surface area contributed by atoms with Gasteiger partial charge in [-0.15, -0.1) is 0 Å². The minimum Gasteiger partial charge on any atom is -0.495 e. The van der Waals surface area contributed by atoms with E-state index in [4.69, 9.17) is 10.5 Å². The first-order valence-electron chi connectivity index (χ1n) is 8.02. The highest BCUT2D eigenvalue weighted by Gasteiger charge is 2.34. The van der Waals surface area contributed by atoms with Gasteiger partial charge in [-0.3, -0.25) is 4.40 Å². The van der Waals surface area contributed by atoms with Gasteiger partial charge < -0.3 is 10.5 Å². The molecule has 0 saturated carbocycles. The van der Waals surface area contributed by atoms with Gasteiger partial charge in [0, 0.05) is 17.8 Å². The number of sulfone groups is 1. The van der Waals surface area contributed by atoms with E-state index in [2.05, 4.69) is 4.98 Å². The highest BCUT2D eigenvalue weighted by Crippen LogP contribution is 2.35. The predicted molar refractivity (Wildman–Crippen MR) is 98.4 cm³/mol. The van der Waals surface area contributed by atoms with Crippen LogP contribution in [0, 0.1) is 11.6 Å². The van der Waals surface area contributed by atoms with Crippen LogP contribution < -0.4 is 10.5 Å². The second-order valence-corrected chi connectivity index (χ2v) is 9.73. The van der Waals surface area contributed by atoms with Gasteiger partial charge in [-0.25, -0.2) is 22.2 Å². The molecule has 0 atom stereocenters. The Morgan fingerprint density at radius 3 is 2.41 bits per heavy atom. The molecule has 0 aliphatic heterocycles. The van der Waals surface area contributed by atoms with Crippen LogP contribution in [0.1, 0.15) is 20.8 Å². The second-order valence-electron chi connectivity index (χ2n) is 7.05. The number of nitrogens with two attached hydrogens (primary N) is 1. The minimum atomic E-state index is -3.74. The molecule has 3 aromatic rings. The highest BCUT2D eigenvalue weighted by atomic mass is 32.2. The molecule has 0 aliphatic carbocycles. The zero-order chi connectivity index (χ0) is 20.1. The molecule has 2 N–H and O–H groups in total. The van der Waals surface area contributed by atoms with Crippen molar-refractivity contribution in [3.8, 4) is 17.0 Å². The van der Waals surface area contributed by atoms with Crippen LogP contribution in [0.5, 0.6) is 5.75 Å². The number of ether oxygens (including phenoxy) is 1. The first-order chi connectivity index (χ1) is 12.5.